The van der Waals surface area contributed by atoms with Gasteiger partial charge < -0.3 is 9.64 Å². The van der Waals surface area contributed by atoms with Crippen LogP contribution in [0.25, 0.3) is 0 Å². The molecule has 1 aliphatic rings. The first-order valence-corrected chi connectivity index (χ1v) is 7.81. The zero-order chi connectivity index (χ0) is 14.5. The third-order valence-corrected chi connectivity index (χ3v) is 4.50. The van der Waals surface area contributed by atoms with E-state index in [0.717, 1.165) is 50.6 Å². The van der Waals surface area contributed by atoms with E-state index in [4.69, 9.17) is 16.3 Å². The molecule has 0 aromatic heterocycles. The van der Waals surface area contributed by atoms with E-state index < -0.39 is 0 Å². The van der Waals surface area contributed by atoms with E-state index in [9.17, 15) is 0 Å². The fourth-order valence-electron chi connectivity index (χ4n) is 2.72. The van der Waals surface area contributed by atoms with Gasteiger partial charge in [-0.15, -0.1) is 11.6 Å². The van der Waals surface area contributed by atoms with Gasteiger partial charge in [-0.25, -0.2) is 0 Å². The minimum absolute atomic E-state index is 0.0489. The third-order valence-electron chi connectivity index (χ3n) is 4.11. The fraction of sp³-hybridized carbons (Fsp3) is 0.625. The molecule has 1 aromatic rings. The van der Waals surface area contributed by atoms with Gasteiger partial charge in [-0.1, -0.05) is 19.1 Å². The monoisotopic (exact) mass is 296 g/mol. The van der Waals surface area contributed by atoms with Gasteiger partial charge in [0, 0.05) is 32.7 Å². The lowest BCUT2D eigenvalue weighted by atomic mass is 10.1. The predicted molar refractivity (Wildman–Crippen MR) is 84.9 cm³/mol. The van der Waals surface area contributed by atoms with Gasteiger partial charge in [0.1, 0.15) is 5.75 Å². The molecule has 2 rings (SSSR count). The first-order chi connectivity index (χ1) is 9.63. The highest BCUT2D eigenvalue weighted by Gasteiger charge is 2.19. The minimum atomic E-state index is 0.0489. The number of rotatable bonds is 5. The smallest absolute Gasteiger partial charge is 0.121 e. The Balaban J connectivity index is 1.91. The van der Waals surface area contributed by atoms with E-state index in [1.165, 1.54) is 5.56 Å². The van der Waals surface area contributed by atoms with Crippen LogP contribution in [0.3, 0.4) is 0 Å². The third kappa shape index (κ3) is 3.87. The number of methoxy groups -OCH3 is 1. The maximum absolute atomic E-state index is 6.58. The van der Waals surface area contributed by atoms with E-state index in [1.807, 2.05) is 6.07 Å². The van der Waals surface area contributed by atoms with Crippen LogP contribution in [0.5, 0.6) is 5.75 Å². The Morgan fingerprint density at radius 3 is 2.40 bits per heavy atom. The summed E-state index contributed by atoms with van der Waals surface area (Å²) < 4.78 is 5.29. The van der Waals surface area contributed by atoms with Gasteiger partial charge in [-0.05, 0) is 30.7 Å². The molecule has 112 valence electrons. The summed E-state index contributed by atoms with van der Waals surface area (Å²) in [4.78, 5) is 4.95. The van der Waals surface area contributed by atoms with Crippen molar-refractivity contribution in [2.45, 2.75) is 19.2 Å². The number of hydrogen-bond donors (Lipinski definition) is 0. The largest absolute Gasteiger partial charge is 0.496 e. The standard InChI is InChI=1S/C16H25ClN2O/c1-4-18-7-9-19(10-8-18)12-15(17)14-5-6-16(20-3)13(2)11-14/h5-6,11,15H,4,7-10,12H2,1-3H3. The number of likely N-dealkylation sites (N-methyl/N-ethyl adjacent to an activating group) is 1. The van der Waals surface area contributed by atoms with E-state index in [-0.39, 0.29) is 5.38 Å². The van der Waals surface area contributed by atoms with Crippen LogP contribution in [-0.4, -0.2) is 56.2 Å². The molecule has 0 saturated carbocycles. The Bertz CT molecular complexity index is 430. The van der Waals surface area contributed by atoms with E-state index >= 15 is 0 Å². The van der Waals surface area contributed by atoms with Crippen molar-refractivity contribution in [3.8, 4) is 5.75 Å². The van der Waals surface area contributed by atoms with Crippen LogP contribution in [0.15, 0.2) is 18.2 Å². The molecule has 1 aromatic carbocycles. The molecule has 0 spiro atoms. The Kier molecular flexibility index (Phi) is 5.70. The van der Waals surface area contributed by atoms with Crippen LogP contribution in [0.4, 0.5) is 0 Å². The fourth-order valence-corrected chi connectivity index (χ4v) is 3.05. The summed E-state index contributed by atoms with van der Waals surface area (Å²) in [5.41, 5.74) is 2.33. The molecule has 0 radical (unpaired) electrons. The molecule has 1 fully saturated rings. The average Bonchev–Trinajstić information content (AvgIpc) is 2.48. The molecule has 1 heterocycles. The van der Waals surface area contributed by atoms with Crippen molar-refractivity contribution >= 4 is 11.6 Å². The van der Waals surface area contributed by atoms with Crippen LogP contribution in [0, 0.1) is 6.92 Å². The number of ether oxygens (including phenoxy) is 1. The minimum Gasteiger partial charge on any atom is -0.496 e. The first-order valence-electron chi connectivity index (χ1n) is 7.37. The van der Waals surface area contributed by atoms with Gasteiger partial charge in [0.2, 0.25) is 0 Å². The van der Waals surface area contributed by atoms with Crippen LogP contribution >= 0.6 is 11.6 Å². The van der Waals surface area contributed by atoms with Crippen LogP contribution in [-0.2, 0) is 0 Å². The molecular weight excluding hydrogens is 272 g/mol. The highest BCUT2D eigenvalue weighted by atomic mass is 35.5. The normalized spacial score (nSPS) is 19.0. The Labute approximate surface area is 127 Å². The second-order valence-electron chi connectivity index (χ2n) is 5.43. The lowest BCUT2D eigenvalue weighted by Crippen LogP contribution is -2.46. The summed E-state index contributed by atoms with van der Waals surface area (Å²) in [6.07, 6.45) is 0. The number of halogens is 1. The molecule has 1 saturated heterocycles. The number of piperazine rings is 1. The summed E-state index contributed by atoms with van der Waals surface area (Å²) in [6, 6.07) is 6.22. The van der Waals surface area contributed by atoms with Crippen molar-refractivity contribution in [2.24, 2.45) is 0 Å². The van der Waals surface area contributed by atoms with Gasteiger partial charge >= 0.3 is 0 Å². The highest BCUT2D eigenvalue weighted by molar-refractivity contribution is 6.21. The van der Waals surface area contributed by atoms with Crippen molar-refractivity contribution in [1.82, 2.24) is 9.80 Å². The summed E-state index contributed by atoms with van der Waals surface area (Å²) in [5, 5.41) is 0.0489. The first kappa shape index (κ1) is 15.6. The van der Waals surface area contributed by atoms with E-state index in [1.54, 1.807) is 7.11 Å². The van der Waals surface area contributed by atoms with Gasteiger partial charge in [0.15, 0.2) is 0 Å². The topological polar surface area (TPSA) is 15.7 Å². The van der Waals surface area contributed by atoms with Crippen molar-refractivity contribution < 1.29 is 4.74 Å². The van der Waals surface area contributed by atoms with E-state index in [2.05, 4.69) is 35.8 Å². The number of nitrogens with zero attached hydrogens (tertiary/aromatic N) is 2. The molecular formula is C16H25ClN2O. The summed E-state index contributed by atoms with van der Waals surface area (Å²) in [5.74, 6) is 0.925. The number of alkyl halides is 1. The number of benzene rings is 1. The van der Waals surface area contributed by atoms with Crippen molar-refractivity contribution in [3.05, 3.63) is 29.3 Å². The average molecular weight is 297 g/mol. The summed E-state index contributed by atoms with van der Waals surface area (Å²) in [6.45, 7) is 10.9. The second-order valence-corrected chi connectivity index (χ2v) is 5.96. The summed E-state index contributed by atoms with van der Waals surface area (Å²) in [7, 11) is 1.70. The molecule has 1 atom stereocenters. The quantitative estimate of drug-likeness (QED) is 0.777. The SMILES string of the molecule is CCN1CCN(CC(Cl)c2ccc(OC)c(C)c2)CC1. The summed E-state index contributed by atoms with van der Waals surface area (Å²) >= 11 is 6.58. The molecule has 1 aliphatic heterocycles. The lowest BCUT2D eigenvalue weighted by Gasteiger charge is -2.35. The molecule has 0 N–H and O–H groups in total. The van der Waals surface area contributed by atoms with Crippen molar-refractivity contribution in [1.29, 1.82) is 0 Å². The van der Waals surface area contributed by atoms with Gasteiger partial charge in [-0.2, -0.15) is 0 Å². The zero-order valence-electron chi connectivity index (χ0n) is 12.7. The van der Waals surface area contributed by atoms with Gasteiger partial charge in [0.25, 0.3) is 0 Å². The molecule has 1 unspecified atom stereocenters. The zero-order valence-corrected chi connectivity index (χ0v) is 13.5. The highest BCUT2D eigenvalue weighted by Crippen LogP contribution is 2.27. The number of hydrogen-bond acceptors (Lipinski definition) is 3. The predicted octanol–water partition coefficient (Wildman–Crippen LogP) is 2.92. The molecule has 0 aliphatic carbocycles. The Hall–Kier alpha value is -0.770. The molecule has 0 amide bonds. The molecule has 4 heteroatoms. The van der Waals surface area contributed by atoms with Crippen molar-refractivity contribution in [2.75, 3.05) is 46.4 Å². The Morgan fingerprint density at radius 1 is 1.20 bits per heavy atom. The Morgan fingerprint density at radius 2 is 1.85 bits per heavy atom. The second kappa shape index (κ2) is 7.30. The lowest BCUT2D eigenvalue weighted by molar-refractivity contribution is 0.137. The maximum Gasteiger partial charge on any atom is 0.121 e. The van der Waals surface area contributed by atoms with Crippen LogP contribution < -0.4 is 4.74 Å². The maximum atomic E-state index is 6.58. The van der Waals surface area contributed by atoms with Crippen molar-refractivity contribution in [3.63, 3.8) is 0 Å². The molecule has 3 nitrogen and oxygen atoms in total. The molecule has 20 heavy (non-hydrogen) atoms. The van der Waals surface area contributed by atoms with E-state index in [0.29, 0.717) is 0 Å². The van der Waals surface area contributed by atoms with Crippen LogP contribution in [0.1, 0.15) is 23.4 Å². The number of aryl methyl sites for hydroxylation is 1. The van der Waals surface area contributed by atoms with Gasteiger partial charge in [0.05, 0.1) is 12.5 Å². The van der Waals surface area contributed by atoms with Gasteiger partial charge in [-0.3, -0.25) is 4.90 Å². The van der Waals surface area contributed by atoms with Crippen LogP contribution in [0.2, 0.25) is 0 Å². The molecule has 0 bridgehead atoms.